The Morgan fingerprint density at radius 1 is 1.06 bits per heavy atom. The van der Waals surface area contributed by atoms with Crippen molar-refractivity contribution in [2.24, 2.45) is 11.7 Å². The van der Waals surface area contributed by atoms with Crippen LogP contribution in [-0.4, -0.2) is 58.9 Å². The number of carbonyl (C=O) groups is 3. The zero-order valence-corrected chi connectivity index (χ0v) is 18.5. The van der Waals surface area contributed by atoms with Crippen LogP contribution in [0.3, 0.4) is 0 Å². The number of nitrogens with zero attached hydrogens (tertiary/aromatic N) is 3. The maximum atomic E-state index is 12.8. The molecule has 2 aliphatic heterocycles. The average Bonchev–Trinajstić information content (AvgIpc) is 3.30. The van der Waals surface area contributed by atoms with Crippen LogP contribution < -0.4 is 5.73 Å². The first-order valence-electron chi connectivity index (χ1n) is 11.3. The van der Waals surface area contributed by atoms with Crippen molar-refractivity contribution in [2.45, 2.75) is 44.9 Å². The molecule has 8 nitrogen and oxygen atoms in total. The molecule has 2 saturated heterocycles. The van der Waals surface area contributed by atoms with Gasteiger partial charge in [0.1, 0.15) is 0 Å². The highest BCUT2D eigenvalue weighted by Gasteiger charge is 2.31. The van der Waals surface area contributed by atoms with Crippen LogP contribution in [0.2, 0.25) is 0 Å². The number of rotatable bonds is 5. The fourth-order valence-corrected chi connectivity index (χ4v) is 4.55. The van der Waals surface area contributed by atoms with E-state index in [1.54, 1.807) is 11.0 Å². The van der Waals surface area contributed by atoms with Crippen molar-refractivity contribution >= 4 is 17.7 Å². The van der Waals surface area contributed by atoms with Crippen LogP contribution in [-0.2, 0) is 16.0 Å². The minimum atomic E-state index is -0.371. The normalized spacial score (nSPS) is 19.7. The van der Waals surface area contributed by atoms with Gasteiger partial charge in [0.25, 0.3) is 5.91 Å². The van der Waals surface area contributed by atoms with E-state index in [4.69, 9.17) is 10.3 Å². The first-order chi connectivity index (χ1) is 15.4. The molecule has 170 valence electrons. The summed E-state index contributed by atoms with van der Waals surface area (Å²) in [6, 6.07) is 9.76. The summed E-state index contributed by atoms with van der Waals surface area (Å²) in [4.78, 5) is 40.4. The zero-order chi connectivity index (χ0) is 22.7. The number of primary amides is 1. The molecule has 0 unspecified atom stereocenters. The average molecular weight is 439 g/mol. The van der Waals surface area contributed by atoms with E-state index >= 15 is 0 Å². The Balaban J connectivity index is 1.31. The van der Waals surface area contributed by atoms with Gasteiger partial charge in [0.05, 0.1) is 18.0 Å². The topological polar surface area (TPSA) is 110 Å². The Kier molecular flexibility index (Phi) is 6.58. The van der Waals surface area contributed by atoms with E-state index in [1.165, 1.54) is 5.56 Å². The van der Waals surface area contributed by atoms with Crippen molar-refractivity contribution in [3.63, 3.8) is 0 Å². The van der Waals surface area contributed by atoms with Gasteiger partial charge in [-0.1, -0.05) is 35.0 Å². The van der Waals surface area contributed by atoms with Gasteiger partial charge in [0.2, 0.25) is 17.6 Å². The van der Waals surface area contributed by atoms with Crippen molar-refractivity contribution in [1.82, 2.24) is 15.0 Å². The fraction of sp³-hybridized carbons (Fsp3) is 0.500. The smallest absolute Gasteiger partial charge is 0.292 e. The third kappa shape index (κ3) is 5.00. The molecule has 8 heteroatoms. The summed E-state index contributed by atoms with van der Waals surface area (Å²) in [5.41, 5.74) is 8.37. The quantitative estimate of drug-likeness (QED) is 0.770. The van der Waals surface area contributed by atoms with E-state index in [9.17, 15) is 14.4 Å². The molecule has 1 aromatic carbocycles. The summed E-state index contributed by atoms with van der Waals surface area (Å²) < 4.78 is 5.35. The maximum Gasteiger partial charge on any atom is 0.292 e. The van der Waals surface area contributed by atoms with Crippen LogP contribution in [0.15, 0.2) is 34.9 Å². The van der Waals surface area contributed by atoms with Crippen molar-refractivity contribution in [2.75, 3.05) is 26.2 Å². The lowest BCUT2D eigenvalue weighted by atomic mass is 9.93. The van der Waals surface area contributed by atoms with E-state index in [0.717, 1.165) is 30.5 Å². The highest BCUT2D eigenvalue weighted by molar-refractivity contribution is 5.92. The molecule has 2 N–H and O–H groups in total. The number of benzene rings is 1. The van der Waals surface area contributed by atoms with Crippen LogP contribution in [0.25, 0.3) is 0 Å². The molecule has 2 aliphatic rings. The Morgan fingerprint density at radius 2 is 1.78 bits per heavy atom. The van der Waals surface area contributed by atoms with Gasteiger partial charge in [-0.15, -0.1) is 0 Å². The standard InChI is InChI=1S/C24H30N4O4/c1-16-4-6-17(7-5-16)13-22(29)27-11-8-18(9-12-27)20-14-21(32-26-20)24(31)28-10-2-3-19(15-28)23(25)30/h4-7,14,18-19H,2-3,8-13,15H2,1H3,(H2,25,30)/t19-/m1/s1. The van der Waals surface area contributed by atoms with Crippen LogP contribution in [0.1, 0.15) is 59.0 Å². The molecule has 0 radical (unpaired) electrons. The van der Waals surface area contributed by atoms with E-state index in [0.29, 0.717) is 39.0 Å². The minimum Gasteiger partial charge on any atom is -0.369 e. The summed E-state index contributed by atoms with van der Waals surface area (Å²) in [6.07, 6.45) is 3.44. The molecule has 0 bridgehead atoms. The van der Waals surface area contributed by atoms with Gasteiger partial charge in [-0.05, 0) is 38.2 Å². The molecular formula is C24H30N4O4. The number of nitrogens with two attached hydrogens (primary N) is 1. The fourth-order valence-electron chi connectivity index (χ4n) is 4.55. The number of likely N-dealkylation sites (tertiary alicyclic amines) is 2. The van der Waals surface area contributed by atoms with E-state index in [-0.39, 0.29) is 35.3 Å². The highest BCUT2D eigenvalue weighted by Crippen LogP contribution is 2.29. The van der Waals surface area contributed by atoms with Crippen molar-refractivity contribution in [3.8, 4) is 0 Å². The lowest BCUT2D eigenvalue weighted by Crippen LogP contribution is -2.44. The molecule has 1 aromatic heterocycles. The van der Waals surface area contributed by atoms with Gasteiger partial charge in [0, 0.05) is 38.2 Å². The third-order valence-corrected chi connectivity index (χ3v) is 6.59. The number of piperidine rings is 2. The molecule has 0 spiro atoms. The highest BCUT2D eigenvalue weighted by atomic mass is 16.5. The third-order valence-electron chi connectivity index (χ3n) is 6.59. The molecule has 2 aromatic rings. The summed E-state index contributed by atoms with van der Waals surface area (Å²) in [7, 11) is 0. The maximum absolute atomic E-state index is 12.8. The number of aromatic nitrogens is 1. The van der Waals surface area contributed by atoms with Gasteiger partial charge in [-0.3, -0.25) is 14.4 Å². The number of hydrogen-bond donors (Lipinski definition) is 1. The lowest BCUT2D eigenvalue weighted by molar-refractivity contribution is -0.131. The van der Waals surface area contributed by atoms with Crippen molar-refractivity contribution in [1.29, 1.82) is 0 Å². The molecule has 0 saturated carbocycles. The van der Waals surface area contributed by atoms with Crippen LogP contribution in [0.4, 0.5) is 0 Å². The van der Waals surface area contributed by atoms with Crippen LogP contribution >= 0.6 is 0 Å². The Hall–Kier alpha value is -3.16. The minimum absolute atomic E-state index is 0.137. The van der Waals surface area contributed by atoms with Gasteiger partial charge < -0.3 is 20.1 Å². The van der Waals surface area contributed by atoms with Crippen molar-refractivity contribution < 1.29 is 18.9 Å². The van der Waals surface area contributed by atoms with Crippen LogP contribution in [0.5, 0.6) is 0 Å². The second kappa shape index (κ2) is 9.54. The van der Waals surface area contributed by atoms with Gasteiger partial charge >= 0.3 is 0 Å². The number of hydrogen-bond acceptors (Lipinski definition) is 5. The molecule has 3 heterocycles. The number of carbonyl (C=O) groups excluding carboxylic acids is 3. The zero-order valence-electron chi connectivity index (χ0n) is 18.5. The predicted molar refractivity (Wildman–Crippen MR) is 118 cm³/mol. The second-order valence-electron chi connectivity index (χ2n) is 8.93. The number of aryl methyl sites for hydroxylation is 1. The number of amides is 3. The molecule has 4 rings (SSSR count). The molecule has 32 heavy (non-hydrogen) atoms. The largest absolute Gasteiger partial charge is 0.369 e. The molecule has 0 aliphatic carbocycles. The second-order valence-corrected chi connectivity index (χ2v) is 8.93. The van der Waals surface area contributed by atoms with E-state index < -0.39 is 0 Å². The lowest BCUT2D eigenvalue weighted by Gasteiger charge is -2.31. The monoisotopic (exact) mass is 438 g/mol. The van der Waals surface area contributed by atoms with Gasteiger partial charge in [0.15, 0.2) is 0 Å². The molecule has 2 fully saturated rings. The van der Waals surface area contributed by atoms with Crippen LogP contribution in [0, 0.1) is 12.8 Å². The van der Waals surface area contributed by atoms with Crippen molar-refractivity contribution in [3.05, 3.63) is 52.9 Å². The van der Waals surface area contributed by atoms with E-state index in [2.05, 4.69) is 5.16 Å². The van der Waals surface area contributed by atoms with Gasteiger partial charge in [-0.2, -0.15) is 0 Å². The Bertz CT molecular complexity index is 976. The first kappa shape index (κ1) is 22.0. The first-order valence-corrected chi connectivity index (χ1v) is 11.3. The Labute approximate surface area is 187 Å². The SMILES string of the molecule is Cc1ccc(CC(=O)N2CCC(c3cc(C(=O)N4CCC[C@@H](C(N)=O)C4)on3)CC2)cc1. The molecule has 3 amide bonds. The molecular weight excluding hydrogens is 408 g/mol. The molecule has 1 atom stereocenters. The predicted octanol–water partition coefficient (Wildman–Crippen LogP) is 2.27. The summed E-state index contributed by atoms with van der Waals surface area (Å²) in [5.74, 6) is -0.439. The summed E-state index contributed by atoms with van der Waals surface area (Å²) >= 11 is 0. The van der Waals surface area contributed by atoms with Gasteiger partial charge in [-0.25, -0.2) is 0 Å². The Morgan fingerprint density at radius 3 is 2.47 bits per heavy atom. The summed E-state index contributed by atoms with van der Waals surface area (Å²) in [5, 5.41) is 4.14. The summed E-state index contributed by atoms with van der Waals surface area (Å²) in [6.45, 7) is 4.27. The van der Waals surface area contributed by atoms with E-state index in [1.807, 2.05) is 36.1 Å².